The zero-order chi connectivity index (χ0) is 8.85. The molecule has 0 atom stereocenters. The van der Waals surface area contributed by atoms with Gasteiger partial charge in [-0.15, -0.1) is 0 Å². The van der Waals surface area contributed by atoms with Gasteiger partial charge < -0.3 is 0 Å². The van der Waals surface area contributed by atoms with Crippen LogP contribution in [-0.4, -0.2) is 24.1 Å². The summed E-state index contributed by atoms with van der Waals surface area (Å²) in [6.07, 6.45) is 0. The van der Waals surface area contributed by atoms with Gasteiger partial charge in [-0.2, -0.15) is 5.01 Å². The number of urea groups is 2. The molecule has 0 saturated heterocycles. The van der Waals surface area contributed by atoms with Crippen molar-refractivity contribution in [2.75, 3.05) is 7.05 Å². The molecule has 0 rings (SSSR count). The zero-order valence-electron chi connectivity index (χ0n) is 5.92. The average Bonchev–Trinajstić information content (AvgIpc) is 2.05. The Bertz CT molecular complexity index is 142. The minimum Gasteiger partial charge on any atom is -0.274 e. The Kier molecular flexibility index (Phi) is 3.88. The maximum Gasteiger partial charge on any atom is 0.354 e. The summed E-state index contributed by atoms with van der Waals surface area (Å²) in [5.41, 5.74) is 5.73. The molecule has 8 nitrogen and oxygen atoms in total. The van der Waals surface area contributed by atoms with E-state index in [9.17, 15) is 9.59 Å². The lowest BCUT2D eigenvalue weighted by Crippen LogP contribution is -2.56. The van der Waals surface area contributed by atoms with E-state index in [0.29, 0.717) is 5.01 Å². The Morgan fingerprint density at radius 3 is 1.73 bits per heavy atom. The lowest BCUT2D eigenvalue weighted by atomic mass is 10.8. The fraction of sp³-hybridized carbons (Fsp3) is 0.333. The molecule has 0 unspecified atom stereocenters. The van der Waals surface area contributed by atoms with E-state index in [0.717, 1.165) is 0 Å². The van der Waals surface area contributed by atoms with Crippen molar-refractivity contribution in [1.82, 2.24) is 21.3 Å². The molecule has 0 aliphatic heterocycles. The van der Waals surface area contributed by atoms with E-state index in [4.69, 9.17) is 11.7 Å². The second-order valence-electron chi connectivity index (χ2n) is 1.46. The van der Waals surface area contributed by atoms with Crippen LogP contribution in [0.15, 0.2) is 0 Å². The van der Waals surface area contributed by atoms with Crippen molar-refractivity contribution < 1.29 is 9.59 Å². The molecule has 0 aromatic rings. The smallest absolute Gasteiger partial charge is 0.274 e. The molecular formula is C3H10N6O2. The largest absolute Gasteiger partial charge is 0.354 e. The second kappa shape index (κ2) is 4.44. The van der Waals surface area contributed by atoms with Crippen LogP contribution < -0.4 is 28.0 Å². The van der Waals surface area contributed by atoms with Crippen LogP contribution in [-0.2, 0) is 0 Å². The Morgan fingerprint density at radius 2 is 1.55 bits per heavy atom. The first-order valence-corrected chi connectivity index (χ1v) is 2.66. The van der Waals surface area contributed by atoms with Gasteiger partial charge in [-0.1, -0.05) is 0 Å². The lowest BCUT2D eigenvalue weighted by molar-refractivity contribution is 0.171. The Morgan fingerprint density at radius 1 is 1.18 bits per heavy atom. The molecule has 8 heteroatoms. The third kappa shape index (κ3) is 2.37. The van der Waals surface area contributed by atoms with Gasteiger partial charge in [-0.25, -0.2) is 26.7 Å². The number of carbonyl (C=O) groups is 2. The van der Waals surface area contributed by atoms with E-state index >= 15 is 0 Å². The summed E-state index contributed by atoms with van der Waals surface area (Å²) < 4.78 is 0. The number of rotatable bonds is 1. The number of hydrogen-bond acceptors (Lipinski definition) is 5. The van der Waals surface area contributed by atoms with Crippen molar-refractivity contribution in [3.05, 3.63) is 0 Å². The molecule has 0 aliphatic rings. The van der Waals surface area contributed by atoms with Crippen LogP contribution in [0.5, 0.6) is 0 Å². The van der Waals surface area contributed by atoms with Crippen molar-refractivity contribution in [3.63, 3.8) is 0 Å². The molecule has 0 fully saturated rings. The summed E-state index contributed by atoms with van der Waals surface area (Å²) in [5.74, 6) is 9.48. The standard InChI is InChI=1S/C3H10N6O2/c1-6-9(2(10)7-4)3(11)8-5/h6H,4-5H2,1H3,(H,7,10)(H,8,11). The zero-order valence-corrected chi connectivity index (χ0v) is 5.92. The van der Waals surface area contributed by atoms with Crippen molar-refractivity contribution in [2.24, 2.45) is 11.7 Å². The SMILES string of the molecule is CNN(C(=O)NN)C(=O)NN. The molecule has 7 N–H and O–H groups in total. The molecule has 4 amide bonds. The first-order chi connectivity index (χ1) is 5.17. The van der Waals surface area contributed by atoms with Crippen molar-refractivity contribution in [1.29, 1.82) is 0 Å². The van der Waals surface area contributed by atoms with Crippen LogP contribution in [0.1, 0.15) is 0 Å². The fourth-order valence-corrected chi connectivity index (χ4v) is 0.424. The van der Waals surface area contributed by atoms with Crippen molar-refractivity contribution in [3.8, 4) is 0 Å². The number of hydrazine groups is 3. The highest BCUT2D eigenvalue weighted by molar-refractivity contribution is 5.92. The molecule has 0 aromatic heterocycles. The van der Waals surface area contributed by atoms with Crippen LogP contribution in [0.3, 0.4) is 0 Å². The van der Waals surface area contributed by atoms with E-state index in [-0.39, 0.29) is 0 Å². The first kappa shape index (κ1) is 9.62. The Balaban J connectivity index is 4.15. The summed E-state index contributed by atoms with van der Waals surface area (Å²) in [6, 6.07) is -1.62. The quantitative estimate of drug-likeness (QED) is 0.167. The van der Waals surface area contributed by atoms with Gasteiger partial charge in [-0.3, -0.25) is 10.9 Å². The number of nitrogens with one attached hydrogen (secondary N) is 3. The molecule has 0 aliphatic carbocycles. The predicted octanol–water partition coefficient (Wildman–Crippen LogP) is -2.41. The molecule has 0 radical (unpaired) electrons. The minimum atomic E-state index is -0.810. The lowest BCUT2D eigenvalue weighted by Gasteiger charge is -2.16. The third-order valence-electron chi connectivity index (χ3n) is 0.877. The normalized spacial score (nSPS) is 8.64. The predicted molar refractivity (Wildman–Crippen MR) is 36.3 cm³/mol. The second-order valence-corrected chi connectivity index (χ2v) is 1.46. The Labute approximate surface area is 62.8 Å². The van der Waals surface area contributed by atoms with Gasteiger partial charge in [0.05, 0.1) is 0 Å². The topological polar surface area (TPSA) is 126 Å². The van der Waals surface area contributed by atoms with Crippen LogP contribution >= 0.6 is 0 Å². The summed E-state index contributed by atoms with van der Waals surface area (Å²) >= 11 is 0. The number of amides is 4. The maximum absolute atomic E-state index is 10.7. The number of hydrogen-bond donors (Lipinski definition) is 5. The van der Waals surface area contributed by atoms with Crippen LogP contribution in [0.2, 0.25) is 0 Å². The van der Waals surface area contributed by atoms with Gasteiger partial charge in [-0.05, 0) is 0 Å². The number of imide groups is 1. The van der Waals surface area contributed by atoms with Crippen molar-refractivity contribution >= 4 is 12.1 Å². The van der Waals surface area contributed by atoms with E-state index in [1.807, 2.05) is 0 Å². The van der Waals surface area contributed by atoms with E-state index in [1.54, 1.807) is 10.9 Å². The average molecular weight is 162 g/mol. The number of nitrogens with two attached hydrogens (primary N) is 2. The first-order valence-electron chi connectivity index (χ1n) is 2.66. The minimum absolute atomic E-state index is 0.569. The van der Waals surface area contributed by atoms with Gasteiger partial charge in [0.15, 0.2) is 0 Å². The van der Waals surface area contributed by atoms with Crippen molar-refractivity contribution in [2.45, 2.75) is 0 Å². The van der Waals surface area contributed by atoms with Gasteiger partial charge >= 0.3 is 12.1 Å². The van der Waals surface area contributed by atoms with E-state index < -0.39 is 12.1 Å². The highest BCUT2D eigenvalue weighted by Crippen LogP contribution is 1.80. The van der Waals surface area contributed by atoms with Gasteiger partial charge in [0.25, 0.3) is 0 Å². The molecule has 0 saturated carbocycles. The van der Waals surface area contributed by atoms with Gasteiger partial charge in [0, 0.05) is 7.05 Å². The monoisotopic (exact) mass is 162 g/mol. The summed E-state index contributed by atoms with van der Waals surface area (Å²) in [6.45, 7) is 0. The van der Waals surface area contributed by atoms with Crippen LogP contribution in [0.25, 0.3) is 0 Å². The van der Waals surface area contributed by atoms with E-state index in [1.165, 1.54) is 7.05 Å². The van der Waals surface area contributed by atoms with Crippen LogP contribution in [0.4, 0.5) is 9.59 Å². The molecule has 11 heavy (non-hydrogen) atoms. The summed E-state index contributed by atoms with van der Waals surface area (Å²) in [5, 5.41) is 0.569. The highest BCUT2D eigenvalue weighted by atomic mass is 16.2. The fourth-order valence-electron chi connectivity index (χ4n) is 0.424. The summed E-state index contributed by atoms with van der Waals surface area (Å²) in [4.78, 5) is 21.3. The molecule has 0 heterocycles. The van der Waals surface area contributed by atoms with Gasteiger partial charge in [0.2, 0.25) is 0 Å². The van der Waals surface area contributed by atoms with Gasteiger partial charge in [0.1, 0.15) is 0 Å². The molecule has 0 aromatic carbocycles. The highest BCUT2D eigenvalue weighted by Gasteiger charge is 2.17. The number of nitrogens with zero attached hydrogens (tertiary/aromatic N) is 1. The maximum atomic E-state index is 10.7. The summed E-state index contributed by atoms with van der Waals surface area (Å²) in [7, 11) is 1.37. The van der Waals surface area contributed by atoms with E-state index in [2.05, 4.69) is 5.43 Å². The molecule has 64 valence electrons. The molecule has 0 bridgehead atoms. The third-order valence-corrected chi connectivity index (χ3v) is 0.877. The Hall–Kier alpha value is -1.38. The molecular weight excluding hydrogens is 152 g/mol. The molecule has 0 spiro atoms. The van der Waals surface area contributed by atoms with Crippen LogP contribution in [0, 0.1) is 0 Å². The number of carbonyl (C=O) groups excluding carboxylic acids is 2.